The molecule has 0 aromatic heterocycles. The van der Waals surface area contributed by atoms with Gasteiger partial charge in [-0.3, -0.25) is 9.10 Å². The normalized spacial score (nSPS) is 15.9. The second-order valence-corrected chi connectivity index (χ2v) is 12.5. The number of benzene rings is 3. The minimum atomic E-state index is -3.52. The fourth-order valence-corrected chi connectivity index (χ4v) is 6.64. The van der Waals surface area contributed by atoms with Crippen LogP contribution in [0.5, 0.6) is 5.75 Å². The maximum atomic E-state index is 14.0. The molecule has 0 saturated carbocycles. The lowest BCUT2D eigenvalue weighted by molar-refractivity contribution is 0.0830. The average Bonchev–Trinajstić information content (AvgIpc) is 2.98. The fraction of sp³-hybridized carbons (Fsp3) is 0.387. The van der Waals surface area contributed by atoms with Gasteiger partial charge in [-0.25, -0.2) is 17.2 Å². The maximum absolute atomic E-state index is 14.0. The van der Waals surface area contributed by atoms with Gasteiger partial charge in [0.05, 0.1) is 30.7 Å². The molecule has 43 heavy (non-hydrogen) atoms. The van der Waals surface area contributed by atoms with Crippen molar-refractivity contribution in [2.24, 2.45) is 0 Å². The van der Waals surface area contributed by atoms with Gasteiger partial charge in [-0.05, 0) is 79.8 Å². The molecule has 4 rings (SSSR count). The molecular formula is C31H38F2N4O5S. The van der Waals surface area contributed by atoms with Gasteiger partial charge in [-0.2, -0.15) is 0 Å². The van der Waals surface area contributed by atoms with E-state index in [-0.39, 0.29) is 24.3 Å². The summed E-state index contributed by atoms with van der Waals surface area (Å²) in [5.41, 5.74) is 2.45. The third kappa shape index (κ3) is 8.65. The van der Waals surface area contributed by atoms with Gasteiger partial charge in [0.15, 0.2) is 11.6 Å². The molecule has 0 radical (unpaired) electrons. The second-order valence-electron chi connectivity index (χ2n) is 10.5. The van der Waals surface area contributed by atoms with Crippen molar-refractivity contribution in [2.45, 2.75) is 44.9 Å². The summed E-state index contributed by atoms with van der Waals surface area (Å²) >= 11 is 0. The van der Waals surface area contributed by atoms with Gasteiger partial charge in [0.25, 0.3) is 5.91 Å². The molecule has 2 atom stereocenters. The minimum absolute atomic E-state index is 0.0191. The molecule has 1 aliphatic rings. The van der Waals surface area contributed by atoms with Crippen molar-refractivity contribution in [1.82, 2.24) is 10.6 Å². The van der Waals surface area contributed by atoms with Gasteiger partial charge in [0.2, 0.25) is 10.0 Å². The first-order valence-electron chi connectivity index (χ1n) is 14.3. The van der Waals surface area contributed by atoms with E-state index in [1.54, 1.807) is 19.2 Å². The van der Waals surface area contributed by atoms with Crippen LogP contribution >= 0.6 is 0 Å². The Morgan fingerprint density at radius 3 is 2.58 bits per heavy atom. The number of aliphatic hydroxyl groups is 1. The molecule has 232 valence electrons. The zero-order valence-corrected chi connectivity index (χ0v) is 25.1. The summed E-state index contributed by atoms with van der Waals surface area (Å²) in [5.74, 6) is -1.84. The first-order chi connectivity index (χ1) is 20.6. The predicted molar refractivity (Wildman–Crippen MR) is 163 cm³/mol. The minimum Gasteiger partial charge on any atom is -0.497 e. The lowest BCUT2D eigenvalue weighted by Gasteiger charge is -2.29. The third-order valence-corrected chi connectivity index (χ3v) is 9.10. The first-order valence-corrected chi connectivity index (χ1v) is 15.9. The van der Waals surface area contributed by atoms with Gasteiger partial charge in [-0.1, -0.05) is 18.2 Å². The van der Waals surface area contributed by atoms with Crippen LogP contribution in [0, 0.1) is 11.6 Å². The number of amides is 1. The Morgan fingerprint density at radius 2 is 1.86 bits per heavy atom. The molecule has 1 amide bonds. The Balaban J connectivity index is 1.56. The summed E-state index contributed by atoms with van der Waals surface area (Å²) in [7, 11) is -1.95. The lowest BCUT2D eigenvalue weighted by atomic mass is 10.00. The van der Waals surface area contributed by atoms with E-state index in [0.29, 0.717) is 55.2 Å². The van der Waals surface area contributed by atoms with Crippen molar-refractivity contribution in [1.29, 1.82) is 0 Å². The van der Waals surface area contributed by atoms with Gasteiger partial charge in [0.1, 0.15) is 5.75 Å². The largest absolute Gasteiger partial charge is 0.497 e. The molecule has 4 N–H and O–H groups in total. The molecule has 0 aliphatic carbocycles. The van der Waals surface area contributed by atoms with E-state index in [2.05, 4.69) is 16.0 Å². The molecular weight excluding hydrogens is 578 g/mol. The Hall–Kier alpha value is -3.74. The summed E-state index contributed by atoms with van der Waals surface area (Å²) in [6, 6.07) is 14.8. The number of hydrogen-bond donors (Lipinski definition) is 4. The number of carbonyl (C=O) groups is 1. The van der Waals surface area contributed by atoms with Crippen LogP contribution < -0.4 is 25.0 Å². The van der Waals surface area contributed by atoms with Gasteiger partial charge in [-0.15, -0.1) is 0 Å². The molecule has 1 fully saturated rings. The third-order valence-electron chi connectivity index (χ3n) is 7.24. The highest BCUT2D eigenvalue weighted by molar-refractivity contribution is 7.92. The second kappa shape index (κ2) is 14.6. The first kappa shape index (κ1) is 32.2. The van der Waals surface area contributed by atoms with Crippen LogP contribution in [0.25, 0.3) is 0 Å². The van der Waals surface area contributed by atoms with Crippen molar-refractivity contribution >= 4 is 27.3 Å². The molecule has 12 heteroatoms. The van der Waals surface area contributed by atoms with E-state index < -0.39 is 39.7 Å². The van der Waals surface area contributed by atoms with Crippen LogP contribution in [0.3, 0.4) is 0 Å². The molecule has 0 spiro atoms. The zero-order chi connectivity index (χ0) is 31.0. The zero-order valence-electron chi connectivity index (χ0n) is 24.3. The standard InChI is InChI=1S/C31H38F2N4O5S/c1-3-35-24-16-23(17-25(18-24)37-11-4-5-12-43(37,40)41)31(39)36-29(15-21-9-10-27(32)28(33)14-21)30(38)20-34-19-22-7-6-8-26(13-22)42-2/h6-10,13-14,16-18,29-30,34-35,38H,3-5,11-12,15,19-20H2,1-2H3,(H,36,39)/t29-,30+/m0/s1. The number of nitrogens with zero attached hydrogens (tertiary/aromatic N) is 1. The highest BCUT2D eigenvalue weighted by Gasteiger charge is 2.28. The summed E-state index contributed by atoms with van der Waals surface area (Å²) < 4.78 is 59.8. The number of rotatable bonds is 13. The maximum Gasteiger partial charge on any atom is 0.251 e. The van der Waals surface area contributed by atoms with Crippen LogP contribution in [0.2, 0.25) is 0 Å². The number of anilines is 2. The van der Waals surface area contributed by atoms with E-state index in [4.69, 9.17) is 4.74 Å². The molecule has 1 heterocycles. The molecule has 0 bridgehead atoms. The molecule has 0 unspecified atom stereocenters. The van der Waals surface area contributed by atoms with Crippen LogP contribution in [-0.4, -0.2) is 64.1 Å². The predicted octanol–water partition coefficient (Wildman–Crippen LogP) is 3.83. The summed E-state index contributed by atoms with van der Waals surface area (Å²) in [6.07, 6.45) is 0.193. The number of halogens is 2. The Kier molecular flexibility index (Phi) is 10.9. The van der Waals surface area contributed by atoms with Crippen LogP contribution in [-0.2, 0) is 23.0 Å². The highest BCUT2D eigenvalue weighted by atomic mass is 32.2. The van der Waals surface area contributed by atoms with E-state index in [0.717, 1.165) is 17.7 Å². The van der Waals surface area contributed by atoms with E-state index in [9.17, 15) is 27.1 Å². The Morgan fingerprint density at radius 1 is 1.05 bits per heavy atom. The van der Waals surface area contributed by atoms with Crippen molar-refractivity contribution in [3.63, 3.8) is 0 Å². The quantitative estimate of drug-likeness (QED) is 0.231. The smallest absolute Gasteiger partial charge is 0.251 e. The summed E-state index contributed by atoms with van der Waals surface area (Å²) in [5, 5.41) is 20.3. The monoisotopic (exact) mass is 616 g/mol. The molecule has 3 aromatic rings. The van der Waals surface area contributed by atoms with Gasteiger partial charge < -0.3 is 25.8 Å². The van der Waals surface area contributed by atoms with E-state index in [1.807, 2.05) is 31.2 Å². The number of carbonyl (C=O) groups excluding carboxylic acids is 1. The summed E-state index contributed by atoms with van der Waals surface area (Å²) in [6.45, 7) is 3.25. The number of methoxy groups -OCH3 is 1. The van der Waals surface area contributed by atoms with Gasteiger partial charge in [0, 0.05) is 37.4 Å². The highest BCUT2D eigenvalue weighted by Crippen LogP contribution is 2.28. The van der Waals surface area contributed by atoms with Crippen molar-refractivity contribution < 1.29 is 31.8 Å². The number of nitrogens with one attached hydrogen (secondary N) is 3. The van der Waals surface area contributed by atoms with E-state index >= 15 is 0 Å². The fourth-order valence-electron chi connectivity index (χ4n) is 5.02. The van der Waals surface area contributed by atoms with E-state index in [1.165, 1.54) is 16.4 Å². The van der Waals surface area contributed by atoms with Crippen LogP contribution in [0.4, 0.5) is 20.2 Å². The number of hydrogen-bond acceptors (Lipinski definition) is 7. The number of aliphatic hydroxyl groups excluding tert-OH is 1. The molecule has 3 aromatic carbocycles. The lowest BCUT2D eigenvalue weighted by Crippen LogP contribution is -2.48. The van der Waals surface area contributed by atoms with Crippen molar-refractivity contribution in [3.05, 3.63) is 89.0 Å². The average molecular weight is 617 g/mol. The van der Waals surface area contributed by atoms with Crippen molar-refractivity contribution in [2.75, 3.05) is 42.1 Å². The SMILES string of the molecule is CCNc1cc(C(=O)N[C@@H](Cc2ccc(F)c(F)c2)[C@H](O)CNCc2cccc(OC)c2)cc(N2CCCCS2(=O)=O)c1. The van der Waals surface area contributed by atoms with Gasteiger partial charge >= 0.3 is 0 Å². The van der Waals surface area contributed by atoms with Crippen molar-refractivity contribution in [3.8, 4) is 5.75 Å². The topological polar surface area (TPSA) is 120 Å². The Bertz CT molecular complexity index is 1520. The Labute approximate surface area is 251 Å². The van der Waals surface area contributed by atoms with Crippen LogP contribution in [0.15, 0.2) is 60.7 Å². The molecule has 1 aliphatic heterocycles. The van der Waals surface area contributed by atoms with Crippen LogP contribution in [0.1, 0.15) is 41.3 Å². The molecule has 1 saturated heterocycles. The summed E-state index contributed by atoms with van der Waals surface area (Å²) in [4.78, 5) is 13.6. The molecule has 9 nitrogen and oxygen atoms in total. The number of sulfonamides is 1. The number of ether oxygens (including phenoxy) is 1.